The van der Waals surface area contributed by atoms with Gasteiger partial charge in [0.1, 0.15) is 11.9 Å². The molecule has 108 valence electrons. The van der Waals surface area contributed by atoms with Crippen LogP contribution < -0.4 is 9.61 Å². The van der Waals surface area contributed by atoms with Crippen LogP contribution in [-0.2, 0) is 0 Å². The number of ether oxygens (including phenoxy) is 1. The molecule has 21 heavy (non-hydrogen) atoms. The second-order valence-corrected chi connectivity index (χ2v) is 8.31. The SMILES string of the molecule is O=c1[nH]c2c(s1)[C@@H]1c3ccccc3O[C@@H]3CCC[C@@H](S2)[C@@H]13. The van der Waals surface area contributed by atoms with E-state index in [1.165, 1.54) is 34.6 Å². The fraction of sp³-hybridized carbons (Fsp3) is 0.438. The van der Waals surface area contributed by atoms with Crippen molar-refractivity contribution >= 4 is 23.1 Å². The number of H-pyrrole nitrogens is 1. The highest BCUT2D eigenvalue weighted by molar-refractivity contribution is 8.00. The van der Waals surface area contributed by atoms with Gasteiger partial charge in [0.2, 0.25) is 0 Å². The molecule has 1 aromatic heterocycles. The first-order chi connectivity index (χ1) is 10.3. The summed E-state index contributed by atoms with van der Waals surface area (Å²) < 4.78 is 6.30. The van der Waals surface area contributed by atoms with Gasteiger partial charge in [-0.15, -0.1) is 11.8 Å². The molecule has 0 bridgehead atoms. The Morgan fingerprint density at radius 2 is 2.14 bits per heavy atom. The van der Waals surface area contributed by atoms with Crippen molar-refractivity contribution in [1.29, 1.82) is 0 Å². The number of aromatic amines is 1. The summed E-state index contributed by atoms with van der Waals surface area (Å²) in [5.74, 6) is 1.87. The molecule has 0 spiro atoms. The molecule has 0 saturated heterocycles. The third kappa shape index (κ3) is 1.70. The molecule has 2 aliphatic heterocycles. The topological polar surface area (TPSA) is 42.1 Å². The zero-order valence-corrected chi connectivity index (χ0v) is 13.0. The molecule has 1 saturated carbocycles. The second-order valence-electron chi connectivity index (χ2n) is 6.04. The number of hydrogen-bond acceptors (Lipinski definition) is 4. The highest BCUT2D eigenvalue weighted by Crippen LogP contribution is 2.57. The Morgan fingerprint density at radius 1 is 1.24 bits per heavy atom. The quantitative estimate of drug-likeness (QED) is 0.807. The molecular weight excluding hydrogens is 302 g/mol. The Balaban J connectivity index is 1.77. The monoisotopic (exact) mass is 317 g/mol. The van der Waals surface area contributed by atoms with Crippen LogP contribution in [0.15, 0.2) is 34.1 Å². The van der Waals surface area contributed by atoms with Crippen LogP contribution in [-0.4, -0.2) is 16.3 Å². The van der Waals surface area contributed by atoms with Crippen LogP contribution in [0.25, 0.3) is 0 Å². The maximum absolute atomic E-state index is 11.9. The number of para-hydroxylation sites is 1. The third-order valence-corrected chi connectivity index (χ3v) is 7.45. The zero-order chi connectivity index (χ0) is 14.0. The van der Waals surface area contributed by atoms with Crippen LogP contribution in [0.1, 0.15) is 35.6 Å². The first-order valence-electron chi connectivity index (χ1n) is 7.46. The predicted octanol–water partition coefficient (Wildman–Crippen LogP) is 3.60. The minimum atomic E-state index is 0.0756. The van der Waals surface area contributed by atoms with Gasteiger partial charge in [-0.25, -0.2) is 0 Å². The van der Waals surface area contributed by atoms with Crippen molar-refractivity contribution in [3.63, 3.8) is 0 Å². The Bertz CT molecular complexity index is 766. The standard InChI is InChI=1S/C16H15NO2S2/c18-16-17-15-14(21-16)12-8-4-1-2-5-9(8)19-10-6-3-7-11(20-15)13(10)12/h1-2,4-5,10-13H,3,6-7H2,(H,17,18)/t10-,11-,12-,13+/m1/s1. The van der Waals surface area contributed by atoms with Crippen molar-refractivity contribution in [2.45, 2.75) is 41.6 Å². The third-order valence-electron chi connectivity index (χ3n) is 4.95. The zero-order valence-electron chi connectivity index (χ0n) is 11.4. The molecule has 5 rings (SSSR count). The minimum Gasteiger partial charge on any atom is -0.490 e. The number of thiazole rings is 1. The summed E-state index contributed by atoms with van der Waals surface area (Å²) in [6.45, 7) is 0. The number of nitrogens with one attached hydrogen (secondary N) is 1. The van der Waals surface area contributed by atoms with E-state index in [1.54, 1.807) is 0 Å². The van der Waals surface area contributed by atoms with E-state index < -0.39 is 0 Å². The number of benzene rings is 1. The van der Waals surface area contributed by atoms with Crippen molar-refractivity contribution in [3.8, 4) is 5.75 Å². The van der Waals surface area contributed by atoms with Gasteiger partial charge in [-0.2, -0.15) is 0 Å². The van der Waals surface area contributed by atoms with E-state index in [4.69, 9.17) is 4.74 Å². The fourth-order valence-corrected chi connectivity index (χ4v) is 6.86. The first-order valence-corrected chi connectivity index (χ1v) is 9.16. The summed E-state index contributed by atoms with van der Waals surface area (Å²) in [5.41, 5.74) is 1.27. The number of thioether (sulfide) groups is 1. The van der Waals surface area contributed by atoms with Gasteiger partial charge >= 0.3 is 4.87 Å². The summed E-state index contributed by atoms with van der Waals surface area (Å²) in [5, 5.41) is 1.67. The molecule has 5 heteroatoms. The number of hydrogen-bond donors (Lipinski definition) is 1. The van der Waals surface area contributed by atoms with Crippen molar-refractivity contribution in [1.82, 2.24) is 4.98 Å². The second kappa shape index (κ2) is 4.40. The normalized spacial score (nSPS) is 32.6. The van der Waals surface area contributed by atoms with Crippen LogP contribution in [0.2, 0.25) is 0 Å². The van der Waals surface area contributed by atoms with E-state index in [0.29, 0.717) is 23.2 Å². The Morgan fingerprint density at radius 3 is 3.10 bits per heavy atom. The number of aromatic nitrogens is 1. The molecule has 1 aromatic carbocycles. The molecule has 0 amide bonds. The van der Waals surface area contributed by atoms with Crippen LogP contribution in [0.5, 0.6) is 5.75 Å². The van der Waals surface area contributed by atoms with Crippen molar-refractivity contribution in [2.75, 3.05) is 0 Å². The summed E-state index contributed by atoms with van der Waals surface area (Å²) in [4.78, 5) is 16.2. The van der Waals surface area contributed by atoms with Crippen LogP contribution in [0.4, 0.5) is 0 Å². The maximum Gasteiger partial charge on any atom is 0.305 e. The summed E-state index contributed by atoms with van der Waals surface area (Å²) in [6.07, 6.45) is 3.89. The summed E-state index contributed by atoms with van der Waals surface area (Å²) in [6, 6.07) is 8.37. The predicted molar refractivity (Wildman–Crippen MR) is 84.6 cm³/mol. The molecule has 0 radical (unpaired) electrons. The maximum atomic E-state index is 11.9. The molecule has 3 nitrogen and oxygen atoms in total. The lowest BCUT2D eigenvalue weighted by atomic mass is 9.72. The van der Waals surface area contributed by atoms with E-state index in [-0.39, 0.29) is 4.87 Å². The van der Waals surface area contributed by atoms with E-state index in [9.17, 15) is 4.79 Å². The van der Waals surface area contributed by atoms with Gasteiger partial charge in [0.05, 0.1) is 5.03 Å². The highest BCUT2D eigenvalue weighted by atomic mass is 32.2. The van der Waals surface area contributed by atoms with Crippen molar-refractivity contribution < 1.29 is 4.74 Å². The molecular formula is C16H15NO2S2. The van der Waals surface area contributed by atoms with Gasteiger partial charge in [0.25, 0.3) is 0 Å². The van der Waals surface area contributed by atoms with E-state index in [2.05, 4.69) is 23.2 Å². The van der Waals surface area contributed by atoms with Gasteiger partial charge in [-0.1, -0.05) is 29.5 Å². The fourth-order valence-electron chi connectivity index (χ4n) is 4.15. The highest BCUT2D eigenvalue weighted by Gasteiger charge is 2.50. The van der Waals surface area contributed by atoms with Crippen LogP contribution in [0, 0.1) is 5.92 Å². The van der Waals surface area contributed by atoms with Crippen molar-refractivity contribution in [3.05, 3.63) is 44.4 Å². The Labute approximate surface area is 130 Å². The van der Waals surface area contributed by atoms with Gasteiger partial charge in [-0.3, -0.25) is 4.79 Å². The largest absolute Gasteiger partial charge is 0.490 e. The average Bonchev–Trinajstić information content (AvgIpc) is 2.87. The molecule has 2 aromatic rings. The van der Waals surface area contributed by atoms with Crippen molar-refractivity contribution in [2.24, 2.45) is 5.92 Å². The summed E-state index contributed by atoms with van der Waals surface area (Å²) >= 11 is 3.26. The van der Waals surface area contributed by atoms with Gasteiger partial charge in [0, 0.05) is 27.5 Å². The number of fused-ring (bicyclic) bond motifs is 4. The average molecular weight is 317 g/mol. The van der Waals surface area contributed by atoms with Gasteiger partial charge in [-0.05, 0) is 25.3 Å². The smallest absolute Gasteiger partial charge is 0.305 e. The lowest BCUT2D eigenvalue weighted by Crippen LogP contribution is -2.46. The van der Waals surface area contributed by atoms with E-state index in [1.807, 2.05) is 17.8 Å². The molecule has 3 heterocycles. The van der Waals surface area contributed by atoms with E-state index >= 15 is 0 Å². The molecule has 0 unspecified atom stereocenters. The molecule has 1 aliphatic carbocycles. The van der Waals surface area contributed by atoms with Crippen LogP contribution in [0.3, 0.4) is 0 Å². The lowest BCUT2D eigenvalue weighted by molar-refractivity contribution is 0.0666. The van der Waals surface area contributed by atoms with E-state index in [0.717, 1.165) is 17.2 Å². The Hall–Kier alpha value is -1.20. The number of rotatable bonds is 0. The molecule has 4 atom stereocenters. The molecule has 3 aliphatic rings. The lowest BCUT2D eigenvalue weighted by Gasteiger charge is -2.48. The summed E-state index contributed by atoms with van der Waals surface area (Å²) in [7, 11) is 0. The van der Waals surface area contributed by atoms with Gasteiger partial charge < -0.3 is 9.72 Å². The van der Waals surface area contributed by atoms with Gasteiger partial charge in [0.15, 0.2) is 0 Å². The first kappa shape index (κ1) is 12.4. The van der Waals surface area contributed by atoms with Crippen LogP contribution >= 0.6 is 23.1 Å². The minimum absolute atomic E-state index is 0.0756. The molecule has 1 N–H and O–H groups in total. The Kier molecular flexibility index (Phi) is 2.59. The molecule has 1 fully saturated rings.